The zero-order chi connectivity index (χ0) is 13.1. The molecule has 0 aliphatic carbocycles. The largest absolute Gasteiger partial charge is 0.323 e. The minimum atomic E-state index is -0.0116. The second-order valence-corrected chi connectivity index (χ2v) is 4.56. The van der Waals surface area contributed by atoms with E-state index in [1.54, 1.807) is 0 Å². The van der Waals surface area contributed by atoms with Crippen molar-refractivity contribution in [2.45, 2.75) is 39.3 Å². The Morgan fingerprint density at radius 3 is 2.83 bits per heavy atom. The highest BCUT2D eigenvalue weighted by atomic mass is 15.1. The molecule has 0 amide bonds. The molecule has 0 spiro atoms. The van der Waals surface area contributed by atoms with Crippen LogP contribution in [-0.2, 0) is 13.0 Å². The Labute approximate surface area is 108 Å². The maximum absolute atomic E-state index is 6.14. The number of hydrogen-bond donors (Lipinski definition) is 1. The number of aryl methyl sites for hydroxylation is 1. The maximum Gasteiger partial charge on any atom is 0.127 e. The van der Waals surface area contributed by atoms with Gasteiger partial charge in [0, 0.05) is 6.54 Å². The molecule has 3 heteroatoms. The Morgan fingerprint density at radius 1 is 1.44 bits per heavy atom. The number of fused-ring (bicyclic) bond motifs is 1. The van der Waals surface area contributed by atoms with Gasteiger partial charge in [0.1, 0.15) is 5.82 Å². The van der Waals surface area contributed by atoms with Gasteiger partial charge in [0.2, 0.25) is 0 Å². The van der Waals surface area contributed by atoms with Crippen LogP contribution in [0.4, 0.5) is 0 Å². The number of imidazole rings is 1. The van der Waals surface area contributed by atoms with Crippen LogP contribution < -0.4 is 5.73 Å². The van der Waals surface area contributed by atoms with E-state index in [4.69, 9.17) is 10.7 Å². The summed E-state index contributed by atoms with van der Waals surface area (Å²) < 4.78 is 2.16. The van der Waals surface area contributed by atoms with Crippen molar-refractivity contribution in [2.75, 3.05) is 0 Å². The van der Waals surface area contributed by atoms with E-state index in [9.17, 15) is 0 Å². The lowest BCUT2D eigenvalue weighted by molar-refractivity contribution is 0.609. The van der Waals surface area contributed by atoms with E-state index in [1.165, 1.54) is 5.56 Å². The monoisotopic (exact) mass is 243 g/mol. The number of aromatic nitrogens is 2. The average molecular weight is 243 g/mol. The number of hydrogen-bond acceptors (Lipinski definition) is 2. The zero-order valence-corrected chi connectivity index (χ0v) is 11.2. The number of nitrogens with zero attached hydrogens (tertiary/aromatic N) is 2. The molecule has 1 atom stereocenters. The SMILES string of the molecule is C=CCn1c(C(N)CC)nc2cc(CC)ccc21. The summed E-state index contributed by atoms with van der Waals surface area (Å²) in [5.41, 5.74) is 9.63. The van der Waals surface area contributed by atoms with Gasteiger partial charge in [-0.25, -0.2) is 4.98 Å². The van der Waals surface area contributed by atoms with Gasteiger partial charge in [-0.3, -0.25) is 0 Å². The van der Waals surface area contributed by atoms with Gasteiger partial charge in [-0.1, -0.05) is 26.0 Å². The van der Waals surface area contributed by atoms with Crippen molar-refractivity contribution in [1.29, 1.82) is 0 Å². The van der Waals surface area contributed by atoms with Gasteiger partial charge in [0.15, 0.2) is 0 Å². The van der Waals surface area contributed by atoms with Gasteiger partial charge < -0.3 is 10.3 Å². The summed E-state index contributed by atoms with van der Waals surface area (Å²) in [6, 6.07) is 6.43. The van der Waals surface area contributed by atoms with Gasteiger partial charge in [-0.2, -0.15) is 0 Å². The quantitative estimate of drug-likeness (QED) is 0.820. The fourth-order valence-corrected chi connectivity index (χ4v) is 2.20. The molecule has 1 aromatic carbocycles. The van der Waals surface area contributed by atoms with Crippen LogP contribution in [0.5, 0.6) is 0 Å². The third kappa shape index (κ3) is 2.18. The predicted molar refractivity (Wildman–Crippen MR) is 76.5 cm³/mol. The van der Waals surface area contributed by atoms with E-state index in [-0.39, 0.29) is 6.04 Å². The van der Waals surface area contributed by atoms with E-state index in [0.717, 1.165) is 36.2 Å². The number of allylic oxidation sites excluding steroid dienone is 1. The highest BCUT2D eigenvalue weighted by Crippen LogP contribution is 2.22. The normalized spacial score (nSPS) is 12.8. The number of benzene rings is 1. The molecule has 0 aliphatic rings. The molecule has 96 valence electrons. The second kappa shape index (κ2) is 5.36. The third-order valence-corrected chi connectivity index (χ3v) is 3.33. The second-order valence-electron chi connectivity index (χ2n) is 4.56. The molecule has 1 aromatic heterocycles. The number of rotatable bonds is 5. The fourth-order valence-electron chi connectivity index (χ4n) is 2.20. The Morgan fingerprint density at radius 2 is 2.22 bits per heavy atom. The number of nitrogens with two attached hydrogens (primary N) is 1. The molecular weight excluding hydrogens is 222 g/mol. The Balaban J connectivity index is 2.61. The first-order valence-corrected chi connectivity index (χ1v) is 6.56. The van der Waals surface area contributed by atoms with Crippen LogP contribution in [0.2, 0.25) is 0 Å². The van der Waals surface area contributed by atoms with Crippen molar-refractivity contribution in [3.05, 3.63) is 42.2 Å². The van der Waals surface area contributed by atoms with Crippen LogP contribution in [0.3, 0.4) is 0 Å². The molecule has 0 bridgehead atoms. The average Bonchev–Trinajstić information content (AvgIpc) is 2.76. The topological polar surface area (TPSA) is 43.8 Å². The molecule has 0 radical (unpaired) electrons. The lowest BCUT2D eigenvalue weighted by Gasteiger charge is -2.11. The Bertz CT molecular complexity index is 554. The van der Waals surface area contributed by atoms with E-state index in [1.807, 2.05) is 6.08 Å². The van der Waals surface area contributed by atoms with E-state index < -0.39 is 0 Å². The van der Waals surface area contributed by atoms with Crippen LogP contribution >= 0.6 is 0 Å². The standard InChI is InChI=1S/C15H21N3/c1-4-9-18-14-8-7-11(5-2)10-13(14)17-15(18)12(16)6-3/h4,7-8,10,12H,1,5-6,9,16H2,2-3H3. The molecule has 0 saturated heterocycles. The van der Waals surface area contributed by atoms with Crippen LogP contribution in [0.15, 0.2) is 30.9 Å². The van der Waals surface area contributed by atoms with Crippen molar-refractivity contribution in [1.82, 2.24) is 9.55 Å². The fraction of sp³-hybridized carbons (Fsp3) is 0.400. The summed E-state index contributed by atoms with van der Waals surface area (Å²) in [4.78, 5) is 4.70. The molecule has 0 saturated carbocycles. The zero-order valence-electron chi connectivity index (χ0n) is 11.2. The summed E-state index contributed by atoms with van der Waals surface area (Å²) in [6.45, 7) is 8.80. The molecule has 2 N–H and O–H groups in total. The maximum atomic E-state index is 6.14. The smallest absolute Gasteiger partial charge is 0.127 e. The van der Waals surface area contributed by atoms with Gasteiger partial charge in [-0.15, -0.1) is 6.58 Å². The Kier molecular flexibility index (Phi) is 3.82. The van der Waals surface area contributed by atoms with Gasteiger partial charge in [0.05, 0.1) is 17.1 Å². The van der Waals surface area contributed by atoms with Gasteiger partial charge >= 0.3 is 0 Å². The van der Waals surface area contributed by atoms with Crippen molar-refractivity contribution in [2.24, 2.45) is 5.73 Å². The minimum Gasteiger partial charge on any atom is -0.323 e. The van der Waals surface area contributed by atoms with E-state index in [2.05, 4.69) is 43.2 Å². The summed E-state index contributed by atoms with van der Waals surface area (Å²) in [5, 5.41) is 0. The summed E-state index contributed by atoms with van der Waals surface area (Å²) in [7, 11) is 0. The molecule has 1 heterocycles. The van der Waals surface area contributed by atoms with Crippen LogP contribution in [-0.4, -0.2) is 9.55 Å². The highest BCUT2D eigenvalue weighted by molar-refractivity contribution is 5.77. The van der Waals surface area contributed by atoms with Crippen LogP contribution in [0.25, 0.3) is 11.0 Å². The van der Waals surface area contributed by atoms with Gasteiger partial charge in [-0.05, 0) is 30.5 Å². The molecule has 18 heavy (non-hydrogen) atoms. The third-order valence-electron chi connectivity index (χ3n) is 3.33. The van der Waals surface area contributed by atoms with Crippen molar-refractivity contribution < 1.29 is 0 Å². The van der Waals surface area contributed by atoms with Gasteiger partial charge in [0.25, 0.3) is 0 Å². The lowest BCUT2D eigenvalue weighted by atomic mass is 10.1. The molecule has 1 unspecified atom stereocenters. The first kappa shape index (κ1) is 12.8. The van der Waals surface area contributed by atoms with Crippen molar-refractivity contribution in [3.63, 3.8) is 0 Å². The highest BCUT2D eigenvalue weighted by Gasteiger charge is 2.15. The first-order valence-electron chi connectivity index (χ1n) is 6.56. The van der Waals surface area contributed by atoms with Crippen molar-refractivity contribution in [3.8, 4) is 0 Å². The predicted octanol–water partition coefficient (Wildman–Crippen LogP) is 3.19. The molecule has 2 aromatic rings. The summed E-state index contributed by atoms with van der Waals surface area (Å²) >= 11 is 0. The molecule has 0 fully saturated rings. The summed E-state index contributed by atoms with van der Waals surface area (Å²) in [5.74, 6) is 0.959. The van der Waals surface area contributed by atoms with Crippen molar-refractivity contribution >= 4 is 11.0 Å². The first-order chi connectivity index (χ1) is 8.71. The summed E-state index contributed by atoms with van der Waals surface area (Å²) in [6.07, 6.45) is 3.81. The van der Waals surface area contributed by atoms with E-state index >= 15 is 0 Å². The molecule has 0 aliphatic heterocycles. The van der Waals surface area contributed by atoms with Crippen LogP contribution in [0, 0.1) is 0 Å². The Hall–Kier alpha value is -1.61. The lowest BCUT2D eigenvalue weighted by Crippen LogP contribution is -2.15. The van der Waals surface area contributed by atoms with E-state index in [0.29, 0.717) is 0 Å². The molecule has 2 rings (SSSR count). The molecule has 3 nitrogen and oxygen atoms in total. The van der Waals surface area contributed by atoms with Crippen LogP contribution in [0.1, 0.15) is 37.7 Å². The minimum absolute atomic E-state index is 0.0116. The molecular formula is C15H21N3.